The lowest BCUT2D eigenvalue weighted by atomic mass is 9.93. The van der Waals surface area contributed by atoms with Crippen molar-refractivity contribution in [2.24, 2.45) is 5.92 Å². The summed E-state index contributed by atoms with van der Waals surface area (Å²) in [6.45, 7) is 3.20. The largest absolute Gasteiger partial charge is 0.469 e. The van der Waals surface area contributed by atoms with Gasteiger partial charge < -0.3 is 9.47 Å². The zero-order valence-corrected chi connectivity index (χ0v) is 18.0. The number of unbranched alkanes of at least 4 members (excludes halogenated alkanes) is 12. The lowest BCUT2D eigenvalue weighted by Crippen LogP contribution is -2.11. The zero-order chi connectivity index (χ0) is 20.0. The summed E-state index contributed by atoms with van der Waals surface area (Å²) in [4.78, 5) is 21.7. The Hall–Kier alpha value is -1.06. The summed E-state index contributed by atoms with van der Waals surface area (Å²) in [5, 5.41) is 0. The third-order valence-corrected chi connectivity index (χ3v) is 5.34. The second-order valence-electron chi connectivity index (χ2n) is 7.79. The third kappa shape index (κ3) is 19.5. The van der Waals surface area contributed by atoms with Gasteiger partial charge in [0.15, 0.2) is 0 Å². The molecular weight excluding hydrogens is 340 g/mol. The van der Waals surface area contributed by atoms with Crippen LogP contribution in [0, 0.1) is 5.92 Å². The summed E-state index contributed by atoms with van der Waals surface area (Å²) >= 11 is 0. The van der Waals surface area contributed by atoms with Crippen LogP contribution < -0.4 is 0 Å². The summed E-state index contributed by atoms with van der Waals surface area (Å²) in [6, 6.07) is 0. The number of rotatable bonds is 21. The van der Waals surface area contributed by atoms with Gasteiger partial charge >= 0.3 is 5.97 Å². The molecule has 0 aromatic heterocycles. The molecule has 0 aliphatic rings. The quantitative estimate of drug-likeness (QED) is 0.127. The molecule has 4 heteroatoms. The van der Waals surface area contributed by atoms with E-state index in [1.165, 1.54) is 90.6 Å². The smallest absolute Gasteiger partial charge is 0.305 e. The van der Waals surface area contributed by atoms with Crippen molar-refractivity contribution >= 4 is 12.4 Å². The van der Waals surface area contributed by atoms with Gasteiger partial charge in [-0.15, -0.1) is 0 Å². The van der Waals surface area contributed by atoms with Crippen LogP contribution >= 0.6 is 0 Å². The van der Waals surface area contributed by atoms with Crippen molar-refractivity contribution in [1.82, 2.24) is 0 Å². The van der Waals surface area contributed by atoms with Crippen LogP contribution in [0.5, 0.6) is 0 Å². The van der Waals surface area contributed by atoms with E-state index in [2.05, 4.69) is 6.92 Å². The maximum absolute atomic E-state index is 11.5. The molecule has 0 bridgehead atoms. The Labute approximate surface area is 167 Å². The normalized spacial score (nSPS) is 11.9. The lowest BCUT2D eigenvalue weighted by molar-refractivity contribution is -0.142. The number of carbonyl (C=O) groups excluding carboxylic acids is 2. The van der Waals surface area contributed by atoms with Crippen LogP contribution in [0.25, 0.3) is 0 Å². The molecule has 1 unspecified atom stereocenters. The predicted molar refractivity (Wildman–Crippen MR) is 112 cm³/mol. The van der Waals surface area contributed by atoms with Crippen molar-refractivity contribution in [2.45, 2.75) is 116 Å². The van der Waals surface area contributed by atoms with Crippen molar-refractivity contribution < 1.29 is 19.1 Å². The minimum absolute atomic E-state index is 0.133. The highest BCUT2D eigenvalue weighted by atomic mass is 16.5. The molecule has 0 aliphatic heterocycles. The average Bonchev–Trinajstić information content (AvgIpc) is 2.68. The Kier molecular flexibility index (Phi) is 20.4. The fourth-order valence-electron chi connectivity index (χ4n) is 3.62. The zero-order valence-electron chi connectivity index (χ0n) is 18.0. The van der Waals surface area contributed by atoms with E-state index in [0.29, 0.717) is 25.4 Å². The highest BCUT2D eigenvalue weighted by Gasteiger charge is 2.14. The summed E-state index contributed by atoms with van der Waals surface area (Å²) in [5.74, 6) is 0.214. The standard InChI is InChI=1S/C23H44O4/c1-3-4-5-6-7-8-9-10-11-12-13-14-15-17-22(20-23(25)26-2)18-16-19-27-21-24/h21-22H,3-20H2,1-2H3. The summed E-state index contributed by atoms with van der Waals surface area (Å²) in [7, 11) is 1.44. The minimum Gasteiger partial charge on any atom is -0.469 e. The van der Waals surface area contributed by atoms with E-state index < -0.39 is 0 Å². The Morgan fingerprint density at radius 3 is 1.74 bits per heavy atom. The van der Waals surface area contributed by atoms with Crippen LogP contribution in [0.3, 0.4) is 0 Å². The van der Waals surface area contributed by atoms with E-state index in [1.807, 2.05) is 0 Å². The Balaban J connectivity index is 3.55. The molecule has 160 valence electrons. The molecule has 1 atom stereocenters. The van der Waals surface area contributed by atoms with Crippen molar-refractivity contribution in [3.8, 4) is 0 Å². The monoisotopic (exact) mass is 384 g/mol. The Bertz CT molecular complexity index is 330. The van der Waals surface area contributed by atoms with Crippen molar-refractivity contribution in [3.05, 3.63) is 0 Å². The number of hydrogen-bond donors (Lipinski definition) is 0. The van der Waals surface area contributed by atoms with Gasteiger partial charge in [0, 0.05) is 6.42 Å². The maximum atomic E-state index is 11.5. The van der Waals surface area contributed by atoms with Gasteiger partial charge in [-0.2, -0.15) is 0 Å². The summed E-state index contributed by atoms with van der Waals surface area (Å²) in [5.41, 5.74) is 0. The number of carbonyl (C=O) groups is 2. The van der Waals surface area contributed by atoms with Crippen molar-refractivity contribution in [3.63, 3.8) is 0 Å². The summed E-state index contributed by atoms with van der Waals surface area (Å²) in [6.07, 6.45) is 20.9. The topological polar surface area (TPSA) is 52.6 Å². The van der Waals surface area contributed by atoms with Gasteiger partial charge in [0.25, 0.3) is 6.47 Å². The second-order valence-corrected chi connectivity index (χ2v) is 7.79. The number of ether oxygens (including phenoxy) is 2. The second kappa shape index (κ2) is 21.2. The molecule has 0 radical (unpaired) electrons. The molecule has 0 spiro atoms. The van der Waals surface area contributed by atoms with Gasteiger partial charge in [-0.25, -0.2) is 0 Å². The van der Waals surface area contributed by atoms with Gasteiger partial charge in [0.1, 0.15) is 0 Å². The van der Waals surface area contributed by atoms with Crippen LogP contribution in [-0.2, 0) is 19.1 Å². The first-order valence-electron chi connectivity index (χ1n) is 11.4. The van der Waals surface area contributed by atoms with E-state index in [-0.39, 0.29) is 5.97 Å². The van der Waals surface area contributed by atoms with Crippen LogP contribution in [-0.4, -0.2) is 26.2 Å². The van der Waals surface area contributed by atoms with E-state index in [0.717, 1.165) is 19.3 Å². The van der Waals surface area contributed by atoms with Gasteiger partial charge in [0.05, 0.1) is 13.7 Å². The van der Waals surface area contributed by atoms with Crippen molar-refractivity contribution in [1.29, 1.82) is 0 Å². The van der Waals surface area contributed by atoms with Crippen LogP contribution in [0.2, 0.25) is 0 Å². The molecule has 0 rings (SSSR count). The van der Waals surface area contributed by atoms with Crippen LogP contribution in [0.15, 0.2) is 0 Å². The first-order valence-corrected chi connectivity index (χ1v) is 11.4. The Morgan fingerprint density at radius 2 is 1.26 bits per heavy atom. The predicted octanol–water partition coefficient (Wildman–Crippen LogP) is 6.60. The molecule has 0 saturated heterocycles. The first kappa shape index (κ1) is 25.9. The fraction of sp³-hybridized carbons (Fsp3) is 0.913. The van der Waals surface area contributed by atoms with E-state index >= 15 is 0 Å². The van der Waals surface area contributed by atoms with Crippen LogP contribution in [0.4, 0.5) is 0 Å². The molecular formula is C23H44O4. The molecule has 0 N–H and O–H groups in total. The number of methoxy groups -OCH3 is 1. The lowest BCUT2D eigenvalue weighted by Gasteiger charge is -2.15. The van der Waals surface area contributed by atoms with Gasteiger partial charge in [-0.1, -0.05) is 90.4 Å². The van der Waals surface area contributed by atoms with Crippen molar-refractivity contribution in [2.75, 3.05) is 13.7 Å². The SMILES string of the molecule is CCCCCCCCCCCCCCCC(CCCOC=O)CC(=O)OC. The number of hydrogen-bond acceptors (Lipinski definition) is 4. The van der Waals surface area contributed by atoms with E-state index in [1.54, 1.807) is 0 Å². The third-order valence-electron chi connectivity index (χ3n) is 5.34. The molecule has 0 saturated carbocycles. The van der Waals surface area contributed by atoms with Crippen LogP contribution in [0.1, 0.15) is 116 Å². The molecule has 0 heterocycles. The molecule has 0 amide bonds. The fourth-order valence-corrected chi connectivity index (χ4v) is 3.62. The van der Waals surface area contributed by atoms with Gasteiger partial charge in [-0.3, -0.25) is 9.59 Å². The highest BCUT2D eigenvalue weighted by molar-refractivity contribution is 5.69. The minimum atomic E-state index is -0.133. The number of esters is 1. The molecule has 0 aliphatic carbocycles. The summed E-state index contributed by atoms with van der Waals surface area (Å²) < 4.78 is 9.54. The molecule has 0 aromatic carbocycles. The van der Waals surface area contributed by atoms with E-state index in [9.17, 15) is 9.59 Å². The Morgan fingerprint density at radius 1 is 0.778 bits per heavy atom. The van der Waals surface area contributed by atoms with Gasteiger partial charge in [-0.05, 0) is 25.2 Å². The van der Waals surface area contributed by atoms with Gasteiger partial charge in [0.2, 0.25) is 0 Å². The van der Waals surface area contributed by atoms with E-state index in [4.69, 9.17) is 9.47 Å². The molecule has 27 heavy (non-hydrogen) atoms. The molecule has 0 fully saturated rings. The average molecular weight is 385 g/mol. The first-order chi connectivity index (χ1) is 13.2. The molecule has 0 aromatic rings. The molecule has 4 nitrogen and oxygen atoms in total. The maximum Gasteiger partial charge on any atom is 0.305 e. The highest BCUT2D eigenvalue weighted by Crippen LogP contribution is 2.21.